The van der Waals surface area contributed by atoms with Gasteiger partial charge in [0.1, 0.15) is 0 Å². The number of rotatable bonds is 9. The zero-order valence-corrected chi connectivity index (χ0v) is 15.7. The lowest BCUT2D eigenvalue weighted by molar-refractivity contribution is 0.0955. The number of carbonyl (C=O) groups is 1. The number of hydrogen-bond acceptors (Lipinski definition) is 5. The molecule has 2 aromatic carbocycles. The smallest absolute Gasteiger partial charge is 0.253 e. The molecule has 3 aromatic rings. The molecular formula is C21H27N5O. The van der Waals surface area contributed by atoms with Crippen molar-refractivity contribution in [3.8, 4) is 0 Å². The molecule has 0 fully saturated rings. The Bertz CT molecular complexity index is 925. The van der Waals surface area contributed by atoms with E-state index < -0.39 is 0 Å². The monoisotopic (exact) mass is 365 g/mol. The number of carbonyl (C=O) groups excluding carboxylic acids is 1. The van der Waals surface area contributed by atoms with Gasteiger partial charge in [-0.25, -0.2) is 4.98 Å². The molecule has 0 radical (unpaired) electrons. The molecule has 6 heteroatoms. The van der Waals surface area contributed by atoms with Gasteiger partial charge in [-0.2, -0.15) is 0 Å². The largest absolute Gasteiger partial charge is 0.351 e. The summed E-state index contributed by atoms with van der Waals surface area (Å²) in [4.78, 5) is 17.4. The SMILES string of the molecule is Cc1cccc2nc3c(C(=O)NCCNCCNCCN)cccc3cc12. The second kappa shape index (κ2) is 9.41. The Balaban J connectivity index is 1.64. The second-order valence-electron chi connectivity index (χ2n) is 6.55. The average Bonchev–Trinajstić information content (AvgIpc) is 2.68. The topological polar surface area (TPSA) is 92.1 Å². The Morgan fingerprint density at radius 2 is 1.74 bits per heavy atom. The summed E-state index contributed by atoms with van der Waals surface area (Å²) in [5, 5.41) is 11.6. The van der Waals surface area contributed by atoms with E-state index in [0.29, 0.717) is 18.7 Å². The first kappa shape index (κ1) is 19.2. The maximum absolute atomic E-state index is 12.6. The molecule has 0 saturated heterocycles. The number of nitrogens with one attached hydrogen (secondary N) is 3. The van der Waals surface area contributed by atoms with Gasteiger partial charge in [0, 0.05) is 50.0 Å². The maximum atomic E-state index is 12.6. The molecule has 6 nitrogen and oxygen atoms in total. The number of aromatic nitrogens is 1. The van der Waals surface area contributed by atoms with Gasteiger partial charge in [0.25, 0.3) is 5.91 Å². The van der Waals surface area contributed by atoms with E-state index in [1.54, 1.807) is 0 Å². The van der Waals surface area contributed by atoms with E-state index >= 15 is 0 Å². The zero-order valence-electron chi connectivity index (χ0n) is 15.7. The van der Waals surface area contributed by atoms with Gasteiger partial charge in [-0.05, 0) is 30.7 Å². The number of fused-ring (bicyclic) bond motifs is 2. The van der Waals surface area contributed by atoms with Crippen molar-refractivity contribution in [3.05, 3.63) is 53.6 Å². The van der Waals surface area contributed by atoms with Crippen LogP contribution in [0.2, 0.25) is 0 Å². The van der Waals surface area contributed by atoms with Crippen molar-refractivity contribution in [2.24, 2.45) is 5.73 Å². The molecule has 0 spiro atoms. The first-order chi connectivity index (χ1) is 13.2. The molecule has 3 rings (SSSR count). The molecule has 1 aromatic heterocycles. The van der Waals surface area contributed by atoms with E-state index in [9.17, 15) is 4.79 Å². The normalized spacial score (nSPS) is 11.2. The van der Waals surface area contributed by atoms with Gasteiger partial charge >= 0.3 is 0 Å². The van der Waals surface area contributed by atoms with Crippen molar-refractivity contribution in [2.75, 3.05) is 39.3 Å². The molecule has 0 atom stereocenters. The van der Waals surface area contributed by atoms with E-state index in [1.165, 1.54) is 5.56 Å². The van der Waals surface area contributed by atoms with E-state index in [2.05, 4.69) is 35.0 Å². The Labute approximate surface area is 159 Å². The second-order valence-corrected chi connectivity index (χ2v) is 6.55. The van der Waals surface area contributed by atoms with Crippen LogP contribution in [-0.4, -0.2) is 50.2 Å². The van der Waals surface area contributed by atoms with Crippen molar-refractivity contribution >= 4 is 27.7 Å². The highest BCUT2D eigenvalue weighted by atomic mass is 16.1. The summed E-state index contributed by atoms with van der Waals surface area (Å²) in [5.41, 5.74) is 8.87. The molecule has 27 heavy (non-hydrogen) atoms. The molecule has 1 heterocycles. The molecule has 1 amide bonds. The molecule has 0 aliphatic rings. The quantitative estimate of drug-likeness (QED) is 0.341. The summed E-state index contributed by atoms with van der Waals surface area (Å²) >= 11 is 0. The van der Waals surface area contributed by atoms with Gasteiger partial charge in [0.2, 0.25) is 0 Å². The van der Waals surface area contributed by atoms with Crippen molar-refractivity contribution in [1.82, 2.24) is 20.9 Å². The van der Waals surface area contributed by atoms with Gasteiger partial charge in [0.05, 0.1) is 16.6 Å². The molecule has 0 aliphatic heterocycles. The van der Waals surface area contributed by atoms with E-state index in [1.807, 2.05) is 30.3 Å². The molecule has 142 valence electrons. The van der Waals surface area contributed by atoms with Crippen LogP contribution in [0, 0.1) is 6.92 Å². The summed E-state index contributed by atoms with van der Waals surface area (Å²) in [5.74, 6) is -0.0943. The highest BCUT2D eigenvalue weighted by molar-refractivity contribution is 6.08. The highest BCUT2D eigenvalue weighted by Gasteiger charge is 2.12. The van der Waals surface area contributed by atoms with Gasteiger partial charge in [-0.3, -0.25) is 4.79 Å². The summed E-state index contributed by atoms with van der Waals surface area (Å²) < 4.78 is 0. The number of hydrogen-bond donors (Lipinski definition) is 4. The fourth-order valence-corrected chi connectivity index (χ4v) is 3.10. The number of para-hydroxylation sites is 1. The lowest BCUT2D eigenvalue weighted by Crippen LogP contribution is -2.36. The number of nitrogens with zero attached hydrogens (tertiary/aromatic N) is 1. The number of nitrogens with two attached hydrogens (primary N) is 1. The molecule has 0 bridgehead atoms. The van der Waals surface area contributed by atoms with Gasteiger partial charge < -0.3 is 21.7 Å². The summed E-state index contributed by atoms with van der Waals surface area (Å²) in [6.07, 6.45) is 0. The van der Waals surface area contributed by atoms with Crippen LogP contribution in [0.15, 0.2) is 42.5 Å². The predicted octanol–water partition coefficient (Wildman–Crippen LogP) is 1.56. The Hall–Kier alpha value is -2.54. The van der Waals surface area contributed by atoms with E-state index in [4.69, 9.17) is 10.7 Å². The minimum absolute atomic E-state index is 0.0943. The van der Waals surface area contributed by atoms with Crippen LogP contribution in [-0.2, 0) is 0 Å². The number of pyridine rings is 1. The summed E-state index contributed by atoms with van der Waals surface area (Å²) in [6, 6.07) is 13.9. The highest BCUT2D eigenvalue weighted by Crippen LogP contribution is 2.24. The van der Waals surface area contributed by atoms with E-state index in [-0.39, 0.29) is 5.91 Å². The number of amides is 1. The first-order valence-corrected chi connectivity index (χ1v) is 9.39. The van der Waals surface area contributed by atoms with Crippen molar-refractivity contribution in [2.45, 2.75) is 6.92 Å². The first-order valence-electron chi connectivity index (χ1n) is 9.39. The summed E-state index contributed by atoms with van der Waals surface area (Å²) in [7, 11) is 0. The third-order valence-corrected chi connectivity index (χ3v) is 4.53. The van der Waals surface area contributed by atoms with Crippen molar-refractivity contribution in [3.63, 3.8) is 0 Å². The molecular weight excluding hydrogens is 338 g/mol. The summed E-state index contributed by atoms with van der Waals surface area (Å²) in [6.45, 7) is 6.53. The average molecular weight is 365 g/mol. The van der Waals surface area contributed by atoms with Crippen molar-refractivity contribution < 1.29 is 4.79 Å². The Morgan fingerprint density at radius 1 is 1.00 bits per heavy atom. The van der Waals surface area contributed by atoms with E-state index in [0.717, 1.165) is 48.0 Å². The molecule has 0 saturated carbocycles. The molecule has 5 N–H and O–H groups in total. The lowest BCUT2D eigenvalue weighted by Gasteiger charge is -2.10. The number of aryl methyl sites for hydroxylation is 1. The van der Waals surface area contributed by atoms with Crippen LogP contribution >= 0.6 is 0 Å². The predicted molar refractivity (Wildman–Crippen MR) is 111 cm³/mol. The van der Waals surface area contributed by atoms with Crippen LogP contribution in [0.3, 0.4) is 0 Å². The third kappa shape index (κ3) is 4.80. The van der Waals surface area contributed by atoms with Crippen LogP contribution in [0.4, 0.5) is 0 Å². The van der Waals surface area contributed by atoms with Crippen LogP contribution in [0.25, 0.3) is 21.8 Å². The standard InChI is InChI=1S/C21H27N5O/c1-15-4-2-7-19-18(15)14-16-5-3-6-17(20(16)26-19)21(27)25-13-12-24-11-10-23-9-8-22/h2-7,14,23-24H,8-13,22H2,1H3,(H,25,27). The van der Waals surface area contributed by atoms with Crippen LogP contribution in [0.1, 0.15) is 15.9 Å². The van der Waals surface area contributed by atoms with Gasteiger partial charge in [0.15, 0.2) is 0 Å². The molecule has 0 aliphatic carbocycles. The fraction of sp³-hybridized carbons (Fsp3) is 0.333. The van der Waals surface area contributed by atoms with Gasteiger partial charge in [-0.15, -0.1) is 0 Å². The van der Waals surface area contributed by atoms with Crippen LogP contribution in [0.5, 0.6) is 0 Å². The fourth-order valence-electron chi connectivity index (χ4n) is 3.10. The Morgan fingerprint density at radius 3 is 2.56 bits per heavy atom. The van der Waals surface area contributed by atoms with Crippen LogP contribution < -0.4 is 21.7 Å². The van der Waals surface area contributed by atoms with Crippen molar-refractivity contribution in [1.29, 1.82) is 0 Å². The maximum Gasteiger partial charge on any atom is 0.253 e. The lowest BCUT2D eigenvalue weighted by atomic mass is 10.0. The zero-order chi connectivity index (χ0) is 19.1. The van der Waals surface area contributed by atoms with Gasteiger partial charge in [-0.1, -0.05) is 24.3 Å². The Kier molecular flexibility index (Phi) is 6.70. The minimum Gasteiger partial charge on any atom is -0.351 e. The minimum atomic E-state index is -0.0943. The molecule has 0 unspecified atom stereocenters. The third-order valence-electron chi connectivity index (χ3n) is 4.53. The number of benzene rings is 2.